The summed E-state index contributed by atoms with van der Waals surface area (Å²) in [6, 6.07) is 12.4. The number of sulfonamides is 1. The van der Waals surface area contributed by atoms with Gasteiger partial charge in [-0.3, -0.25) is 13.9 Å². The smallest absolute Gasteiger partial charge is 0.244 e. The van der Waals surface area contributed by atoms with E-state index >= 15 is 0 Å². The summed E-state index contributed by atoms with van der Waals surface area (Å²) in [5.74, 6) is -0.713. The van der Waals surface area contributed by atoms with Crippen molar-refractivity contribution in [3.8, 4) is 0 Å². The zero-order valence-electron chi connectivity index (χ0n) is 21.3. The SMILES string of the molecule is CC[C@@H](C)NC(=O)[C@@H](C)N(Cc1cccc(C)c1)C(=O)CN(c1c(C)cccc1C)S(C)(=O)=O. The summed E-state index contributed by atoms with van der Waals surface area (Å²) in [5, 5.41) is 2.93. The van der Waals surface area contributed by atoms with Crippen molar-refractivity contribution in [1.82, 2.24) is 10.2 Å². The molecule has 0 fully saturated rings. The van der Waals surface area contributed by atoms with Crippen LogP contribution in [0.3, 0.4) is 0 Å². The number of aryl methyl sites for hydroxylation is 3. The van der Waals surface area contributed by atoms with Crippen molar-refractivity contribution in [2.75, 3.05) is 17.1 Å². The van der Waals surface area contributed by atoms with Crippen LogP contribution in [0.1, 0.15) is 49.4 Å². The van der Waals surface area contributed by atoms with E-state index in [1.807, 2.05) is 77.1 Å². The lowest BCUT2D eigenvalue weighted by Gasteiger charge is -2.33. The maximum absolute atomic E-state index is 13.6. The molecule has 2 amide bonds. The number of hydrogen-bond donors (Lipinski definition) is 1. The first-order valence-corrected chi connectivity index (χ1v) is 13.4. The lowest BCUT2D eigenvalue weighted by atomic mass is 10.1. The number of para-hydroxylation sites is 1. The van der Waals surface area contributed by atoms with E-state index in [9.17, 15) is 18.0 Å². The molecule has 2 atom stereocenters. The number of anilines is 1. The van der Waals surface area contributed by atoms with E-state index in [0.29, 0.717) is 5.69 Å². The van der Waals surface area contributed by atoms with Crippen molar-refractivity contribution < 1.29 is 18.0 Å². The van der Waals surface area contributed by atoms with Gasteiger partial charge in [0.1, 0.15) is 12.6 Å². The molecule has 0 unspecified atom stereocenters. The number of benzene rings is 2. The number of carbonyl (C=O) groups excluding carboxylic acids is 2. The van der Waals surface area contributed by atoms with Crippen molar-refractivity contribution in [2.24, 2.45) is 0 Å². The molecule has 7 nitrogen and oxygen atoms in total. The normalized spacial score (nSPS) is 13.1. The fourth-order valence-corrected chi connectivity index (χ4v) is 4.79. The minimum atomic E-state index is -3.75. The molecule has 8 heteroatoms. The third kappa shape index (κ3) is 7.06. The van der Waals surface area contributed by atoms with Gasteiger partial charge in [-0.1, -0.05) is 55.0 Å². The van der Waals surface area contributed by atoms with Crippen LogP contribution < -0.4 is 9.62 Å². The quantitative estimate of drug-likeness (QED) is 0.554. The Morgan fingerprint density at radius 1 is 1.00 bits per heavy atom. The van der Waals surface area contributed by atoms with Crippen molar-refractivity contribution in [1.29, 1.82) is 0 Å². The average molecular weight is 488 g/mol. The summed E-state index contributed by atoms with van der Waals surface area (Å²) in [4.78, 5) is 28.0. The molecule has 0 bridgehead atoms. The molecule has 0 radical (unpaired) electrons. The molecule has 0 aliphatic rings. The van der Waals surface area contributed by atoms with Gasteiger partial charge in [-0.15, -0.1) is 0 Å². The Morgan fingerprint density at radius 2 is 1.59 bits per heavy atom. The van der Waals surface area contributed by atoms with Gasteiger partial charge in [-0.25, -0.2) is 8.42 Å². The van der Waals surface area contributed by atoms with Gasteiger partial charge in [-0.05, 0) is 57.7 Å². The van der Waals surface area contributed by atoms with Crippen LogP contribution in [0.4, 0.5) is 5.69 Å². The van der Waals surface area contributed by atoms with Gasteiger partial charge in [0, 0.05) is 12.6 Å². The molecule has 34 heavy (non-hydrogen) atoms. The van der Waals surface area contributed by atoms with Gasteiger partial charge >= 0.3 is 0 Å². The highest BCUT2D eigenvalue weighted by Crippen LogP contribution is 2.27. The van der Waals surface area contributed by atoms with Crippen LogP contribution in [0.25, 0.3) is 0 Å². The molecule has 0 saturated carbocycles. The van der Waals surface area contributed by atoms with E-state index in [4.69, 9.17) is 0 Å². The van der Waals surface area contributed by atoms with Gasteiger partial charge in [0.2, 0.25) is 21.8 Å². The van der Waals surface area contributed by atoms with Crippen LogP contribution in [0.5, 0.6) is 0 Å². The Bertz CT molecular complexity index is 1110. The molecule has 2 aromatic carbocycles. The maximum atomic E-state index is 13.6. The van der Waals surface area contributed by atoms with Crippen LogP contribution in [0.15, 0.2) is 42.5 Å². The molecule has 0 saturated heterocycles. The first kappa shape index (κ1) is 27.4. The third-order valence-corrected chi connectivity index (χ3v) is 7.08. The van der Waals surface area contributed by atoms with Crippen LogP contribution in [-0.2, 0) is 26.2 Å². The summed E-state index contributed by atoms with van der Waals surface area (Å²) in [6.07, 6.45) is 1.86. The number of carbonyl (C=O) groups is 2. The summed E-state index contributed by atoms with van der Waals surface area (Å²) >= 11 is 0. The standard InChI is InChI=1S/C26H37N3O4S/c1-8-21(5)27-26(31)22(6)28(16-23-14-9-11-18(2)15-23)24(30)17-29(34(7,32)33)25-19(3)12-10-13-20(25)4/h9-15,21-22H,8,16-17H2,1-7H3,(H,27,31)/t21-,22-/m1/s1. The monoisotopic (exact) mass is 487 g/mol. The topological polar surface area (TPSA) is 86.8 Å². The van der Waals surface area contributed by atoms with Gasteiger partial charge in [-0.2, -0.15) is 0 Å². The van der Waals surface area contributed by atoms with Gasteiger partial charge < -0.3 is 10.2 Å². The Morgan fingerprint density at radius 3 is 2.12 bits per heavy atom. The largest absolute Gasteiger partial charge is 0.352 e. The van der Waals surface area contributed by atoms with Gasteiger partial charge in [0.15, 0.2) is 0 Å². The average Bonchev–Trinajstić information content (AvgIpc) is 2.75. The zero-order valence-corrected chi connectivity index (χ0v) is 22.1. The van der Waals surface area contributed by atoms with E-state index < -0.39 is 28.5 Å². The highest BCUT2D eigenvalue weighted by molar-refractivity contribution is 7.92. The van der Waals surface area contributed by atoms with Crippen LogP contribution in [-0.4, -0.2) is 50.0 Å². The van der Waals surface area contributed by atoms with E-state index in [2.05, 4.69) is 5.32 Å². The Kier molecular flexibility index (Phi) is 9.27. The molecule has 186 valence electrons. The van der Waals surface area contributed by atoms with E-state index in [-0.39, 0.29) is 18.5 Å². The lowest BCUT2D eigenvalue weighted by Crippen LogP contribution is -2.52. The third-order valence-electron chi connectivity index (χ3n) is 5.97. The second-order valence-electron chi connectivity index (χ2n) is 9.01. The predicted octanol–water partition coefficient (Wildman–Crippen LogP) is 3.71. The van der Waals surface area contributed by atoms with Crippen molar-refractivity contribution >= 4 is 27.5 Å². The predicted molar refractivity (Wildman–Crippen MR) is 137 cm³/mol. The minimum Gasteiger partial charge on any atom is -0.352 e. The van der Waals surface area contributed by atoms with Gasteiger partial charge in [0.25, 0.3) is 0 Å². The second kappa shape index (κ2) is 11.5. The van der Waals surface area contributed by atoms with Crippen molar-refractivity contribution in [3.05, 3.63) is 64.7 Å². The molecule has 0 spiro atoms. The molecule has 2 aromatic rings. The summed E-state index contributed by atoms with van der Waals surface area (Å²) in [7, 11) is -3.75. The highest BCUT2D eigenvalue weighted by atomic mass is 32.2. The molecule has 0 aromatic heterocycles. The number of rotatable bonds is 10. The van der Waals surface area contributed by atoms with Gasteiger partial charge in [0.05, 0.1) is 11.9 Å². The minimum absolute atomic E-state index is 0.0343. The van der Waals surface area contributed by atoms with E-state index in [1.54, 1.807) is 6.92 Å². The van der Waals surface area contributed by atoms with Crippen LogP contribution in [0.2, 0.25) is 0 Å². The number of nitrogens with zero attached hydrogens (tertiary/aromatic N) is 2. The van der Waals surface area contributed by atoms with Crippen molar-refractivity contribution in [3.63, 3.8) is 0 Å². The molecule has 0 heterocycles. The number of amides is 2. The molecule has 0 aliphatic carbocycles. The Hall–Kier alpha value is -2.87. The van der Waals surface area contributed by atoms with E-state index in [0.717, 1.165) is 39.2 Å². The highest BCUT2D eigenvalue weighted by Gasteiger charge is 2.31. The number of hydrogen-bond acceptors (Lipinski definition) is 4. The Balaban J connectivity index is 2.45. The first-order chi connectivity index (χ1) is 15.8. The zero-order chi connectivity index (χ0) is 25.6. The second-order valence-corrected chi connectivity index (χ2v) is 10.9. The van der Waals surface area contributed by atoms with Crippen LogP contribution >= 0.6 is 0 Å². The maximum Gasteiger partial charge on any atom is 0.244 e. The molecular weight excluding hydrogens is 450 g/mol. The molecule has 2 rings (SSSR count). The van der Waals surface area contributed by atoms with Crippen LogP contribution in [0, 0.1) is 20.8 Å². The first-order valence-electron chi connectivity index (χ1n) is 11.5. The molecule has 0 aliphatic heterocycles. The summed E-state index contributed by atoms with van der Waals surface area (Å²) in [5.41, 5.74) is 3.91. The fraction of sp³-hybridized carbons (Fsp3) is 0.462. The lowest BCUT2D eigenvalue weighted by molar-refractivity contribution is -0.139. The summed E-state index contributed by atoms with van der Waals surface area (Å²) < 4.78 is 26.7. The molecular formula is C26H37N3O4S. The summed E-state index contributed by atoms with van der Waals surface area (Å²) in [6.45, 7) is 11.0. The van der Waals surface area contributed by atoms with Crippen molar-refractivity contribution in [2.45, 2.75) is 66.6 Å². The fourth-order valence-electron chi connectivity index (χ4n) is 3.83. The number of nitrogens with one attached hydrogen (secondary N) is 1. The molecule has 1 N–H and O–H groups in total. The Labute approximate surface area is 204 Å². The van der Waals surface area contributed by atoms with E-state index in [1.165, 1.54) is 4.90 Å².